The molecule has 1 N–H and O–H groups in total. The van der Waals surface area contributed by atoms with E-state index in [-0.39, 0.29) is 17.1 Å². The fraction of sp³-hybridized carbons (Fsp3) is 0.294. The van der Waals surface area contributed by atoms with Crippen LogP contribution in [0.25, 0.3) is 0 Å². The Kier molecular flexibility index (Phi) is 4.97. The van der Waals surface area contributed by atoms with Crippen molar-refractivity contribution in [3.8, 4) is 11.5 Å². The molecule has 10 nitrogen and oxygen atoms in total. The molecule has 0 saturated heterocycles. The number of nitrogens with zero attached hydrogens (tertiary/aromatic N) is 4. The lowest BCUT2D eigenvalue weighted by atomic mass is 9.89. The van der Waals surface area contributed by atoms with Crippen molar-refractivity contribution in [2.24, 2.45) is 10.2 Å². The molecule has 1 aliphatic rings. The van der Waals surface area contributed by atoms with Gasteiger partial charge in [-0.05, 0) is 42.9 Å². The highest BCUT2D eigenvalue weighted by Gasteiger charge is 2.23. The van der Waals surface area contributed by atoms with Crippen molar-refractivity contribution in [2.75, 3.05) is 7.11 Å². The van der Waals surface area contributed by atoms with Crippen LogP contribution in [-0.4, -0.2) is 22.1 Å². The van der Waals surface area contributed by atoms with E-state index in [1.807, 2.05) is 0 Å². The van der Waals surface area contributed by atoms with Crippen molar-refractivity contribution in [3.63, 3.8) is 0 Å². The number of benzene rings is 2. The molecule has 1 aliphatic carbocycles. The van der Waals surface area contributed by atoms with Crippen LogP contribution in [0.15, 0.2) is 34.5 Å². The summed E-state index contributed by atoms with van der Waals surface area (Å²) in [4.78, 5) is 20.5. The lowest BCUT2D eigenvalue weighted by Gasteiger charge is -2.20. The molecule has 0 spiro atoms. The molecule has 0 heterocycles. The zero-order valence-electron chi connectivity index (χ0n) is 14.4. The summed E-state index contributed by atoms with van der Waals surface area (Å²) >= 11 is 0. The largest absolute Gasteiger partial charge is 0.505 e. The van der Waals surface area contributed by atoms with Crippen molar-refractivity contribution >= 4 is 22.7 Å². The Balaban J connectivity index is 2.07. The normalized spacial score (nSPS) is 13.4. The molecule has 2 aromatic carbocycles. The molecule has 27 heavy (non-hydrogen) atoms. The first-order valence-corrected chi connectivity index (χ1v) is 8.18. The number of phenols is 1. The molecule has 0 aliphatic heterocycles. The first-order chi connectivity index (χ1) is 12.9. The number of hydrogen-bond donors (Lipinski definition) is 1. The Labute approximate surface area is 153 Å². The second-order valence-corrected chi connectivity index (χ2v) is 6.00. The Morgan fingerprint density at radius 2 is 1.74 bits per heavy atom. The lowest BCUT2D eigenvalue weighted by Crippen LogP contribution is -2.05. The van der Waals surface area contributed by atoms with Crippen LogP contribution >= 0.6 is 0 Å². The van der Waals surface area contributed by atoms with Gasteiger partial charge in [-0.25, -0.2) is 0 Å². The standard InChI is InChI=1S/C17H16N4O6/c1-27-16-9-15(22)17(12-5-3-2-4-11(12)16)19-18-13-7-6-10(20(23)24)8-14(13)21(25)26/h6-9,22H,2-5H2,1H3. The summed E-state index contributed by atoms with van der Waals surface area (Å²) in [7, 11) is 1.52. The Bertz CT molecular complexity index is 957. The molecule has 0 unspecified atom stereocenters. The highest BCUT2D eigenvalue weighted by molar-refractivity contribution is 5.66. The second-order valence-electron chi connectivity index (χ2n) is 6.00. The van der Waals surface area contributed by atoms with Gasteiger partial charge in [0, 0.05) is 12.1 Å². The monoisotopic (exact) mass is 372 g/mol. The van der Waals surface area contributed by atoms with Crippen LogP contribution in [0.3, 0.4) is 0 Å². The minimum atomic E-state index is -0.759. The van der Waals surface area contributed by atoms with Crippen LogP contribution < -0.4 is 4.74 Å². The number of rotatable bonds is 5. The van der Waals surface area contributed by atoms with Gasteiger partial charge in [-0.1, -0.05) is 0 Å². The van der Waals surface area contributed by atoms with E-state index in [0.717, 1.165) is 48.6 Å². The van der Waals surface area contributed by atoms with Crippen molar-refractivity contribution in [1.29, 1.82) is 0 Å². The number of ether oxygens (including phenoxy) is 1. The maximum absolute atomic E-state index is 11.2. The number of nitro benzene ring substituents is 2. The van der Waals surface area contributed by atoms with E-state index >= 15 is 0 Å². The molecule has 0 radical (unpaired) electrons. The van der Waals surface area contributed by atoms with Gasteiger partial charge in [0.2, 0.25) is 0 Å². The number of nitro groups is 2. The summed E-state index contributed by atoms with van der Waals surface area (Å²) in [5, 5.41) is 40.2. The number of methoxy groups -OCH3 is 1. The Morgan fingerprint density at radius 3 is 2.37 bits per heavy atom. The molecule has 2 aromatic rings. The van der Waals surface area contributed by atoms with E-state index in [2.05, 4.69) is 10.2 Å². The number of aromatic hydroxyl groups is 1. The van der Waals surface area contributed by atoms with Crippen LogP contribution in [-0.2, 0) is 12.8 Å². The third-order valence-corrected chi connectivity index (χ3v) is 4.41. The highest BCUT2D eigenvalue weighted by atomic mass is 16.6. The van der Waals surface area contributed by atoms with Crippen molar-refractivity contribution in [1.82, 2.24) is 0 Å². The fourth-order valence-electron chi connectivity index (χ4n) is 3.13. The quantitative estimate of drug-likeness (QED) is 0.465. The van der Waals surface area contributed by atoms with Crippen molar-refractivity contribution in [3.05, 3.63) is 55.6 Å². The molecular weight excluding hydrogens is 356 g/mol. The van der Waals surface area contributed by atoms with E-state index in [9.17, 15) is 25.3 Å². The fourth-order valence-corrected chi connectivity index (χ4v) is 3.13. The molecule has 0 aromatic heterocycles. The molecule has 0 atom stereocenters. The SMILES string of the molecule is COc1cc(O)c(N=Nc2ccc([N+](=O)[O-])cc2[N+](=O)[O-])c2c1CCCC2. The number of azo groups is 1. The molecule has 0 amide bonds. The summed E-state index contributed by atoms with van der Waals surface area (Å²) in [5.41, 5.74) is 0.892. The minimum Gasteiger partial charge on any atom is -0.505 e. The predicted molar refractivity (Wildman–Crippen MR) is 95.2 cm³/mol. The van der Waals surface area contributed by atoms with E-state index < -0.39 is 21.2 Å². The molecule has 0 fully saturated rings. The number of phenolic OH excluding ortho intramolecular Hbond substituents is 1. The van der Waals surface area contributed by atoms with Crippen LogP contribution in [0, 0.1) is 20.2 Å². The van der Waals surface area contributed by atoms with Gasteiger partial charge in [0.15, 0.2) is 5.69 Å². The molecule has 10 heteroatoms. The van der Waals surface area contributed by atoms with Gasteiger partial charge in [-0.3, -0.25) is 20.2 Å². The van der Waals surface area contributed by atoms with E-state index in [1.165, 1.54) is 13.2 Å². The summed E-state index contributed by atoms with van der Waals surface area (Å²) in [6, 6.07) is 4.55. The summed E-state index contributed by atoms with van der Waals surface area (Å²) in [6.45, 7) is 0. The van der Waals surface area contributed by atoms with Gasteiger partial charge < -0.3 is 9.84 Å². The second kappa shape index (κ2) is 7.36. The molecular formula is C17H16N4O6. The van der Waals surface area contributed by atoms with Crippen LogP contribution in [0.2, 0.25) is 0 Å². The number of hydrogen-bond acceptors (Lipinski definition) is 8. The predicted octanol–water partition coefficient (Wildman–Crippen LogP) is 4.51. The average molecular weight is 372 g/mol. The van der Waals surface area contributed by atoms with Crippen LogP contribution in [0.4, 0.5) is 22.7 Å². The first-order valence-electron chi connectivity index (χ1n) is 8.18. The van der Waals surface area contributed by atoms with Gasteiger partial charge in [-0.15, -0.1) is 10.2 Å². The van der Waals surface area contributed by atoms with Crippen LogP contribution in [0.1, 0.15) is 24.0 Å². The van der Waals surface area contributed by atoms with Crippen molar-refractivity contribution in [2.45, 2.75) is 25.7 Å². The summed E-state index contributed by atoms with van der Waals surface area (Å²) < 4.78 is 5.31. The maximum atomic E-state index is 11.2. The van der Waals surface area contributed by atoms with E-state index in [0.29, 0.717) is 12.2 Å². The molecule has 0 saturated carbocycles. The minimum absolute atomic E-state index is 0.134. The average Bonchev–Trinajstić information content (AvgIpc) is 2.66. The topological polar surface area (TPSA) is 140 Å². The Morgan fingerprint density at radius 1 is 1.04 bits per heavy atom. The lowest BCUT2D eigenvalue weighted by molar-refractivity contribution is -0.393. The van der Waals surface area contributed by atoms with Gasteiger partial charge in [0.05, 0.1) is 23.0 Å². The Hall–Kier alpha value is -3.56. The highest BCUT2D eigenvalue weighted by Crippen LogP contribution is 2.43. The van der Waals surface area contributed by atoms with Gasteiger partial charge in [0.25, 0.3) is 5.69 Å². The van der Waals surface area contributed by atoms with Gasteiger partial charge >= 0.3 is 5.69 Å². The zero-order valence-corrected chi connectivity index (χ0v) is 14.4. The smallest absolute Gasteiger partial charge is 0.303 e. The van der Waals surface area contributed by atoms with Crippen LogP contribution in [0.5, 0.6) is 11.5 Å². The summed E-state index contributed by atoms with van der Waals surface area (Å²) in [6.07, 6.45) is 3.36. The number of non-ortho nitro benzene ring substituents is 1. The third kappa shape index (κ3) is 3.54. The third-order valence-electron chi connectivity index (χ3n) is 4.41. The van der Waals surface area contributed by atoms with E-state index in [1.54, 1.807) is 0 Å². The zero-order chi connectivity index (χ0) is 19.6. The molecule has 0 bridgehead atoms. The summed E-state index contributed by atoms with van der Waals surface area (Å²) in [5.74, 6) is 0.434. The van der Waals surface area contributed by atoms with Crippen molar-refractivity contribution < 1.29 is 19.7 Å². The maximum Gasteiger partial charge on any atom is 0.303 e. The van der Waals surface area contributed by atoms with Gasteiger partial charge in [0.1, 0.15) is 17.2 Å². The van der Waals surface area contributed by atoms with Gasteiger partial charge in [-0.2, -0.15) is 0 Å². The molecule has 140 valence electrons. The molecule has 3 rings (SSSR count). The first kappa shape index (κ1) is 18.2. The number of fused-ring (bicyclic) bond motifs is 1. The van der Waals surface area contributed by atoms with E-state index in [4.69, 9.17) is 4.74 Å².